The van der Waals surface area contributed by atoms with E-state index in [9.17, 15) is 4.79 Å². The van der Waals surface area contributed by atoms with E-state index in [1.165, 1.54) is 16.7 Å². The molecule has 1 aliphatic heterocycles. The van der Waals surface area contributed by atoms with E-state index >= 15 is 0 Å². The van der Waals surface area contributed by atoms with E-state index < -0.39 is 0 Å². The van der Waals surface area contributed by atoms with E-state index in [4.69, 9.17) is 0 Å². The molecular weight excluding hydrogens is 350 g/mol. The third kappa shape index (κ3) is 5.10. The van der Waals surface area contributed by atoms with Crippen LogP contribution in [-0.2, 0) is 17.9 Å². The van der Waals surface area contributed by atoms with Gasteiger partial charge in [0.25, 0.3) is 0 Å². The number of fused-ring (bicyclic) bond motifs is 1. The van der Waals surface area contributed by atoms with Gasteiger partial charge in [-0.1, -0.05) is 42.5 Å². The van der Waals surface area contributed by atoms with Gasteiger partial charge in [-0.25, -0.2) is 0 Å². The number of hydrogen-bond donors (Lipinski definition) is 3. The molecule has 0 bridgehead atoms. The van der Waals surface area contributed by atoms with Crippen LogP contribution in [0.3, 0.4) is 0 Å². The minimum atomic E-state index is 0.0612. The first kappa shape index (κ1) is 19.9. The maximum Gasteiger partial charge on any atom is 0.225 e. The summed E-state index contributed by atoms with van der Waals surface area (Å²) in [6.07, 6.45) is 0.479. The van der Waals surface area contributed by atoms with Crippen molar-refractivity contribution in [2.24, 2.45) is 4.99 Å². The summed E-state index contributed by atoms with van der Waals surface area (Å²) in [4.78, 5) is 18.5. The molecule has 0 saturated heterocycles. The molecule has 1 unspecified atom stereocenters. The van der Waals surface area contributed by atoms with Crippen LogP contribution in [0.25, 0.3) is 0 Å². The SMILES string of the molecule is CN=C(NCc1ccccc1CN(C)C)NCC1CC(=O)Nc2ccccc21. The molecule has 1 aliphatic rings. The van der Waals surface area contributed by atoms with Crippen LogP contribution < -0.4 is 16.0 Å². The van der Waals surface area contributed by atoms with Gasteiger partial charge in [-0.2, -0.15) is 0 Å². The number of guanidine groups is 1. The number of aliphatic imine (C=N–C) groups is 1. The number of amides is 1. The highest BCUT2D eigenvalue weighted by Crippen LogP contribution is 2.31. The molecular formula is C22H29N5O. The molecule has 2 aromatic carbocycles. The number of rotatable bonds is 6. The van der Waals surface area contributed by atoms with Crippen molar-refractivity contribution in [1.29, 1.82) is 0 Å². The predicted molar refractivity (Wildman–Crippen MR) is 114 cm³/mol. The minimum absolute atomic E-state index is 0.0612. The molecule has 0 saturated carbocycles. The lowest BCUT2D eigenvalue weighted by molar-refractivity contribution is -0.116. The van der Waals surface area contributed by atoms with Crippen LogP contribution in [-0.4, -0.2) is 44.5 Å². The Morgan fingerprint density at radius 2 is 1.82 bits per heavy atom. The van der Waals surface area contributed by atoms with Gasteiger partial charge < -0.3 is 20.9 Å². The molecule has 1 heterocycles. The Balaban J connectivity index is 1.60. The normalized spacial score (nSPS) is 16.5. The zero-order valence-electron chi connectivity index (χ0n) is 16.8. The van der Waals surface area contributed by atoms with E-state index in [1.807, 2.05) is 18.2 Å². The highest BCUT2D eigenvalue weighted by atomic mass is 16.1. The topological polar surface area (TPSA) is 68.8 Å². The summed E-state index contributed by atoms with van der Waals surface area (Å²) in [5.74, 6) is 0.929. The van der Waals surface area contributed by atoms with Gasteiger partial charge in [-0.05, 0) is 36.9 Å². The second-order valence-electron chi connectivity index (χ2n) is 7.35. The van der Waals surface area contributed by atoms with Gasteiger partial charge in [0, 0.05) is 44.7 Å². The van der Waals surface area contributed by atoms with Crippen molar-refractivity contribution >= 4 is 17.6 Å². The Bertz CT molecular complexity index is 846. The van der Waals surface area contributed by atoms with Crippen molar-refractivity contribution in [2.45, 2.75) is 25.4 Å². The third-order valence-corrected chi connectivity index (χ3v) is 4.90. The van der Waals surface area contributed by atoms with E-state index in [2.05, 4.69) is 70.3 Å². The van der Waals surface area contributed by atoms with Crippen LogP contribution in [0, 0.1) is 0 Å². The average molecular weight is 380 g/mol. The van der Waals surface area contributed by atoms with Crippen molar-refractivity contribution in [3.8, 4) is 0 Å². The standard InChI is InChI=1S/C22H29N5O/c1-23-22(24-13-16-8-4-5-9-17(16)15-27(2)3)25-14-18-12-21(28)26-20-11-7-6-10-19(18)20/h4-11,18H,12-15H2,1-3H3,(H,26,28)(H2,23,24,25). The Morgan fingerprint density at radius 3 is 2.57 bits per heavy atom. The lowest BCUT2D eigenvalue weighted by atomic mass is 9.90. The Hall–Kier alpha value is -2.86. The maximum atomic E-state index is 12.0. The molecule has 0 fully saturated rings. The molecule has 28 heavy (non-hydrogen) atoms. The van der Waals surface area contributed by atoms with E-state index in [0.29, 0.717) is 19.5 Å². The molecule has 0 spiro atoms. The first-order chi connectivity index (χ1) is 13.6. The Kier molecular flexibility index (Phi) is 6.66. The van der Waals surface area contributed by atoms with Crippen LogP contribution in [0.5, 0.6) is 0 Å². The monoisotopic (exact) mass is 379 g/mol. The van der Waals surface area contributed by atoms with Gasteiger partial charge in [0.15, 0.2) is 5.96 Å². The smallest absolute Gasteiger partial charge is 0.225 e. The quantitative estimate of drug-likeness (QED) is 0.533. The summed E-state index contributed by atoms with van der Waals surface area (Å²) in [6.45, 7) is 2.26. The zero-order valence-corrected chi connectivity index (χ0v) is 16.8. The minimum Gasteiger partial charge on any atom is -0.356 e. The number of carbonyl (C=O) groups excluding carboxylic acids is 1. The number of hydrogen-bond acceptors (Lipinski definition) is 3. The van der Waals surface area contributed by atoms with Crippen molar-refractivity contribution in [3.05, 3.63) is 65.2 Å². The van der Waals surface area contributed by atoms with E-state index in [0.717, 1.165) is 18.2 Å². The second kappa shape index (κ2) is 9.37. The van der Waals surface area contributed by atoms with Crippen molar-refractivity contribution in [1.82, 2.24) is 15.5 Å². The molecule has 3 N–H and O–H groups in total. The summed E-state index contributed by atoms with van der Waals surface area (Å²) in [7, 11) is 5.91. The molecule has 3 rings (SSSR count). The van der Waals surface area contributed by atoms with Crippen LogP contribution in [0.4, 0.5) is 5.69 Å². The van der Waals surface area contributed by atoms with Gasteiger partial charge in [0.2, 0.25) is 5.91 Å². The van der Waals surface area contributed by atoms with Gasteiger partial charge in [-0.15, -0.1) is 0 Å². The number of benzene rings is 2. The highest BCUT2D eigenvalue weighted by molar-refractivity contribution is 5.94. The predicted octanol–water partition coefficient (Wildman–Crippen LogP) is 2.54. The largest absolute Gasteiger partial charge is 0.356 e. The first-order valence-corrected chi connectivity index (χ1v) is 9.61. The fourth-order valence-electron chi connectivity index (χ4n) is 3.53. The molecule has 148 valence electrons. The summed E-state index contributed by atoms with van der Waals surface area (Å²) in [6, 6.07) is 16.4. The average Bonchev–Trinajstić information content (AvgIpc) is 2.68. The molecule has 1 amide bonds. The Labute approximate surface area is 167 Å². The Morgan fingerprint density at radius 1 is 1.11 bits per heavy atom. The fourth-order valence-corrected chi connectivity index (χ4v) is 3.53. The summed E-state index contributed by atoms with van der Waals surface area (Å²) >= 11 is 0. The summed E-state index contributed by atoms with van der Waals surface area (Å²) in [5, 5.41) is 9.72. The molecule has 6 nitrogen and oxygen atoms in total. The van der Waals surface area contributed by atoms with Gasteiger partial charge >= 0.3 is 0 Å². The molecule has 2 aromatic rings. The number of para-hydroxylation sites is 1. The van der Waals surface area contributed by atoms with E-state index in [-0.39, 0.29) is 11.8 Å². The number of nitrogens with one attached hydrogen (secondary N) is 3. The molecule has 6 heteroatoms. The van der Waals surface area contributed by atoms with E-state index in [1.54, 1.807) is 7.05 Å². The lowest BCUT2D eigenvalue weighted by Gasteiger charge is -2.26. The number of carbonyl (C=O) groups is 1. The fraction of sp³-hybridized carbons (Fsp3) is 0.364. The molecule has 1 atom stereocenters. The molecule has 0 aliphatic carbocycles. The third-order valence-electron chi connectivity index (χ3n) is 4.90. The number of anilines is 1. The van der Waals surface area contributed by atoms with Crippen LogP contribution >= 0.6 is 0 Å². The molecule has 0 radical (unpaired) electrons. The molecule has 0 aromatic heterocycles. The summed E-state index contributed by atoms with van der Waals surface area (Å²) < 4.78 is 0. The van der Waals surface area contributed by atoms with Gasteiger partial charge in [-0.3, -0.25) is 9.79 Å². The summed E-state index contributed by atoms with van der Waals surface area (Å²) in [5.41, 5.74) is 4.63. The van der Waals surface area contributed by atoms with Crippen LogP contribution in [0.2, 0.25) is 0 Å². The number of nitrogens with zero attached hydrogens (tertiary/aromatic N) is 2. The van der Waals surface area contributed by atoms with Crippen LogP contribution in [0.1, 0.15) is 29.0 Å². The lowest BCUT2D eigenvalue weighted by Crippen LogP contribution is -2.40. The second-order valence-corrected chi connectivity index (χ2v) is 7.35. The van der Waals surface area contributed by atoms with Crippen LogP contribution in [0.15, 0.2) is 53.5 Å². The first-order valence-electron chi connectivity index (χ1n) is 9.61. The van der Waals surface area contributed by atoms with Crippen molar-refractivity contribution in [2.75, 3.05) is 33.0 Å². The van der Waals surface area contributed by atoms with Crippen molar-refractivity contribution < 1.29 is 4.79 Å². The highest BCUT2D eigenvalue weighted by Gasteiger charge is 2.24. The zero-order chi connectivity index (χ0) is 19.9. The van der Waals surface area contributed by atoms with Gasteiger partial charge in [0.1, 0.15) is 0 Å². The maximum absolute atomic E-state index is 12.0. The van der Waals surface area contributed by atoms with Gasteiger partial charge in [0.05, 0.1) is 0 Å². The van der Waals surface area contributed by atoms with Crippen molar-refractivity contribution in [3.63, 3.8) is 0 Å².